The molecule has 0 aliphatic carbocycles. The Labute approximate surface area is 148 Å². The summed E-state index contributed by atoms with van der Waals surface area (Å²) in [5.74, 6) is 0.452. The minimum atomic E-state index is -0.360. The van der Waals surface area contributed by atoms with Crippen molar-refractivity contribution in [1.29, 1.82) is 0 Å². The zero-order valence-electron chi connectivity index (χ0n) is 14.2. The predicted molar refractivity (Wildman–Crippen MR) is 96.4 cm³/mol. The van der Waals surface area contributed by atoms with E-state index in [1.807, 2.05) is 42.6 Å². The van der Waals surface area contributed by atoms with Gasteiger partial charge in [-0.05, 0) is 56.1 Å². The number of aromatic nitrogens is 1. The van der Waals surface area contributed by atoms with Gasteiger partial charge in [0, 0.05) is 24.0 Å². The number of nitrogens with one attached hydrogen (secondary N) is 1. The molecule has 3 aliphatic heterocycles. The normalized spacial score (nSPS) is 27.7. The molecule has 3 fully saturated rings. The number of carbonyl (C=O) groups excluding carboxylic acids is 1. The summed E-state index contributed by atoms with van der Waals surface area (Å²) in [6.45, 7) is 2.19. The Bertz CT molecular complexity index is 699. The molecule has 1 aromatic heterocycles. The number of carbonyl (C=O) groups is 1. The molecule has 2 bridgehead atoms. The van der Waals surface area contributed by atoms with Crippen LogP contribution < -0.4 is 5.32 Å². The van der Waals surface area contributed by atoms with Crippen molar-refractivity contribution in [3.8, 4) is 0 Å². The number of pyridine rings is 1. The minimum Gasteiger partial charge on any atom is -0.444 e. The lowest BCUT2D eigenvalue weighted by Crippen LogP contribution is -2.60. The van der Waals surface area contributed by atoms with E-state index >= 15 is 0 Å². The second-order valence-electron chi connectivity index (χ2n) is 6.87. The number of hydrogen-bond acceptors (Lipinski definition) is 4. The fraction of sp³-hybridized carbons (Fsp3) is 0.400. The van der Waals surface area contributed by atoms with E-state index < -0.39 is 0 Å². The molecule has 2 atom stereocenters. The van der Waals surface area contributed by atoms with E-state index in [-0.39, 0.29) is 18.2 Å². The number of para-hydroxylation sites is 1. The van der Waals surface area contributed by atoms with Crippen molar-refractivity contribution in [3.63, 3.8) is 0 Å². The number of piperidine rings is 3. The Balaban J connectivity index is 1.46. The Morgan fingerprint density at radius 3 is 2.68 bits per heavy atom. The van der Waals surface area contributed by atoms with Crippen molar-refractivity contribution in [2.45, 2.75) is 31.4 Å². The van der Waals surface area contributed by atoms with Gasteiger partial charge in [0.05, 0.1) is 6.04 Å². The highest BCUT2D eigenvalue weighted by atomic mass is 16.6. The van der Waals surface area contributed by atoms with Crippen molar-refractivity contribution in [2.24, 2.45) is 5.92 Å². The fourth-order valence-electron chi connectivity index (χ4n) is 4.07. The number of rotatable bonds is 4. The maximum absolute atomic E-state index is 12.4. The molecule has 1 N–H and O–H groups in total. The number of amides is 1. The smallest absolute Gasteiger partial charge is 0.411 e. The van der Waals surface area contributed by atoms with E-state index in [1.165, 1.54) is 5.56 Å². The van der Waals surface area contributed by atoms with Crippen molar-refractivity contribution in [2.75, 3.05) is 18.4 Å². The third-order valence-electron chi connectivity index (χ3n) is 5.32. The van der Waals surface area contributed by atoms with Crippen molar-refractivity contribution in [3.05, 3.63) is 60.4 Å². The van der Waals surface area contributed by atoms with E-state index in [9.17, 15) is 4.79 Å². The molecule has 0 radical (unpaired) electrons. The fourth-order valence-corrected chi connectivity index (χ4v) is 4.07. The topological polar surface area (TPSA) is 54.5 Å². The molecule has 25 heavy (non-hydrogen) atoms. The van der Waals surface area contributed by atoms with Crippen LogP contribution in [0.5, 0.6) is 0 Å². The van der Waals surface area contributed by atoms with Crippen LogP contribution >= 0.6 is 0 Å². The minimum absolute atomic E-state index is 0.0635. The first-order valence-corrected chi connectivity index (χ1v) is 8.95. The molecule has 3 aliphatic rings. The number of hydrogen-bond donors (Lipinski definition) is 1. The van der Waals surface area contributed by atoms with Gasteiger partial charge in [-0.15, -0.1) is 0 Å². The monoisotopic (exact) mass is 337 g/mol. The van der Waals surface area contributed by atoms with E-state index in [2.05, 4.69) is 21.3 Å². The molecule has 2 unspecified atom stereocenters. The number of benzene rings is 1. The van der Waals surface area contributed by atoms with Crippen molar-refractivity contribution in [1.82, 2.24) is 9.88 Å². The standard InChI is InChI=1S/C20H23N3O2/c24-20(22-17-6-2-1-3-7-17)25-19-16-8-11-23(12-9-16)18(19)13-15-5-4-10-21-14-15/h1-7,10,14,16,18-19H,8-9,11-13H2,(H,22,24). The first-order chi connectivity index (χ1) is 12.3. The van der Waals surface area contributed by atoms with Crippen LogP contribution in [0.2, 0.25) is 0 Å². The number of anilines is 1. The molecule has 0 saturated carbocycles. The van der Waals surface area contributed by atoms with E-state index in [0.29, 0.717) is 5.92 Å². The molecule has 1 aromatic carbocycles. The average Bonchev–Trinajstić information content (AvgIpc) is 2.66. The van der Waals surface area contributed by atoms with Gasteiger partial charge in [-0.3, -0.25) is 15.2 Å². The van der Waals surface area contributed by atoms with Gasteiger partial charge in [0.15, 0.2) is 0 Å². The lowest BCUT2D eigenvalue weighted by molar-refractivity contribution is -0.0741. The third-order valence-corrected chi connectivity index (χ3v) is 5.32. The Hall–Kier alpha value is -2.40. The highest BCUT2D eigenvalue weighted by molar-refractivity contribution is 5.84. The van der Waals surface area contributed by atoms with E-state index in [1.54, 1.807) is 6.20 Å². The highest BCUT2D eigenvalue weighted by Gasteiger charge is 2.44. The van der Waals surface area contributed by atoms with Gasteiger partial charge in [0.2, 0.25) is 0 Å². The summed E-state index contributed by atoms with van der Waals surface area (Å²) >= 11 is 0. The van der Waals surface area contributed by atoms with Gasteiger partial charge in [-0.25, -0.2) is 4.79 Å². The van der Waals surface area contributed by atoms with Crippen LogP contribution in [0.3, 0.4) is 0 Å². The van der Waals surface area contributed by atoms with Crippen LogP contribution in [0, 0.1) is 5.92 Å². The molecule has 5 heteroatoms. The summed E-state index contributed by atoms with van der Waals surface area (Å²) in [4.78, 5) is 19.1. The average molecular weight is 337 g/mol. The second kappa shape index (κ2) is 7.23. The molecule has 5 nitrogen and oxygen atoms in total. The summed E-state index contributed by atoms with van der Waals surface area (Å²) in [5, 5.41) is 2.84. The first kappa shape index (κ1) is 16.1. The lowest BCUT2D eigenvalue weighted by Gasteiger charge is -2.50. The molecular weight excluding hydrogens is 314 g/mol. The van der Waals surface area contributed by atoms with Crippen LogP contribution in [0.4, 0.5) is 10.5 Å². The first-order valence-electron chi connectivity index (χ1n) is 8.95. The Morgan fingerprint density at radius 2 is 1.96 bits per heavy atom. The van der Waals surface area contributed by atoms with Crippen LogP contribution in [0.25, 0.3) is 0 Å². The molecule has 5 rings (SSSR count). The quantitative estimate of drug-likeness (QED) is 0.930. The Kier molecular flexibility index (Phi) is 4.65. The summed E-state index contributed by atoms with van der Waals surface area (Å²) in [6.07, 6.45) is 6.35. The molecular formula is C20H23N3O2. The van der Waals surface area contributed by atoms with E-state index in [4.69, 9.17) is 4.74 Å². The Morgan fingerprint density at radius 1 is 1.16 bits per heavy atom. The molecule has 0 spiro atoms. The van der Waals surface area contributed by atoms with Gasteiger partial charge in [0.25, 0.3) is 0 Å². The van der Waals surface area contributed by atoms with Gasteiger partial charge < -0.3 is 4.74 Å². The van der Waals surface area contributed by atoms with Crippen LogP contribution in [-0.2, 0) is 11.2 Å². The zero-order chi connectivity index (χ0) is 17.1. The van der Waals surface area contributed by atoms with Crippen molar-refractivity contribution < 1.29 is 9.53 Å². The zero-order valence-corrected chi connectivity index (χ0v) is 14.2. The molecule has 4 heterocycles. The number of fused-ring (bicyclic) bond motifs is 3. The summed E-state index contributed by atoms with van der Waals surface area (Å²) in [7, 11) is 0. The summed E-state index contributed by atoms with van der Waals surface area (Å²) in [6, 6.07) is 13.7. The van der Waals surface area contributed by atoms with Crippen LogP contribution in [0.1, 0.15) is 18.4 Å². The second-order valence-corrected chi connectivity index (χ2v) is 6.87. The van der Waals surface area contributed by atoms with Gasteiger partial charge in [-0.2, -0.15) is 0 Å². The largest absolute Gasteiger partial charge is 0.444 e. The lowest BCUT2D eigenvalue weighted by atomic mass is 9.78. The van der Waals surface area contributed by atoms with Gasteiger partial charge in [-0.1, -0.05) is 24.3 Å². The van der Waals surface area contributed by atoms with Crippen molar-refractivity contribution >= 4 is 11.8 Å². The predicted octanol–water partition coefficient (Wildman–Crippen LogP) is 3.34. The number of ether oxygens (including phenoxy) is 1. The molecule has 1 amide bonds. The molecule has 2 aromatic rings. The molecule has 3 saturated heterocycles. The van der Waals surface area contributed by atoms with Crippen LogP contribution in [-0.4, -0.2) is 41.2 Å². The summed E-state index contributed by atoms with van der Waals surface area (Å²) in [5.41, 5.74) is 1.95. The maximum atomic E-state index is 12.4. The van der Waals surface area contributed by atoms with E-state index in [0.717, 1.165) is 38.0 Å². The summed E-state index contributed by atoms with van der Waals surface area (Å²) < 4.78 is 5.90. The third kappa shape index (κ3) is 3.66. The maximum Gasteiger partial charge on any atom is 0.411 e. The molecule has 130 valence electrons. The highest BCUT2D eigenvalue weighted by Crippen LogP contribution is 2.36. The van der Waals surface area contributed by atoms with Gasteiger partial charge in [0.1, 0.15) is 6.10 Å². The van der Waals surface area contributed by atoms with Gasteiger partial charge >= 0.3 is 6.09 Å². The SMILES string of the molecule is O=C(Nc1ccccc1)OC1C2CCN(CC2)C1Cc1cccnc1. The van der Waals surface area contributed by atoms with Crippen LogP contribution in [0.15, 0.2) is 54.9 Å². The number of nitrogens with zero attached hydrogens (tertiary/aromatic N) is 2.